The minimum Gasteiger partial charge on any atom is -0.395 e. The van der Waals surface area contributed by atoms with Crippen molar-refractivity contribution in [2.24, 2.45) is 5.92 Å². The maximum absolute atomic E-state index is 12.7. The van der Waals surface area contributed by atoms with Crippen molar-refractivity contribution < 1.29 is 14.3 Å². The highest BCUT2D eigenvalue weighted by Gasteiger charge is 2.31. The maximum atomic E-state index is 12.7. The number of carbonyl (C=O) groups excluding carboxylic acids is 1. The number of carbonyl (C=O) groups is 1. The van der Waals surface area contributed by atoms with Crippen LogP contribution in [0.4, 0.5) is 10.1 Å². The van der Waals surface area contributed by atoms with Crippen LogP contribution < -0.4 is 5.32 Å². The van der Waals surface area contributed by atoms with Crippen LogP contribution in [0, 0.1) is 11.7 Å². The van der Waals surface area contributed by atoms with Crippen LogP contribution in [0.5, 0.6) is 0 Å². The van der Waals surface area contributed by atoms with Crippen LogP contribution in [-0.4, -0.2) is 41.7 Å². The number of amides is 1. The molecule has 2 rings (SSSR count). The quantitative estimate of drug-likeness (QED) is 0.867. The SMILES string of the molecule is CC1CCN(CC(=O)Nc2ccc(F)cc2)C1CO. The average molecular weight is 266 g/mol. The zero-order valence-corrected chi connectivity index (χ0v) is 11.0. The fourth-order valence-electron chi connectivity index (χ4n) is 2.50. The van der Waals surface area contributed by atoms with Crippen LogP contribution in [0.1, 0.15) is 13.3 Å². The summed E-state index contributed by atoms with van der Waals surface area (Å²) in [4.78, 5) is 13.9. The fourth-order valence-corrected chi connectivity index (χ4v) is 2.50. The van der Waals surface area contributed by atoms with E-state index in [1.165, 1.54) is 24.3 Å². The molecule has 1 amide bonds. The van der Waals surface area contributed by atoms with Gasteiger partial charge in [-0.2, -0.15) is 0 Å². The minimum atomic E-state index is -0.327. The van der Waals surface area contributed by atoms with Crippen LogP contribution >= 0.6 is 0 Å². The Morgan fingerprint density at radius 2 is 2.16 bits per heavy atom. The molecule has 0 radical (unpaired) electrons. The molecule has 1 fully saturated rings. The highest BCUT2D eigenvalue weighted by Crippen LogP contribution is 2.23. The first-order valence-electron chi connectivity index (χ1n) is 6.50. The average Bonchev–Trinajstić information content (AvgIpc) is 2.72. The Bertz CT molecular complexity index is 436. The molecule has 19 heavy (non-hydrogen) atoms. The van der Waals surface area contributed by atoms with Gasteiger partial charge in [-0.05, 0) is 43.1 Å². The summed E-state index contributed by atoms with van der Waals surface area (Å²) in [6.07, 6.45) is 0.995. The van der Waals surface area contributed by atoms with E-state index in [2.05, 4.69) is 12.2 Å². The van der Waals surface area contributed by atoms with Gasteiger partial charge in [0.2, 0.25) is 5.91 Å². The number of aliphatic hydroxyl groups is 1. The number of nitrogens with zero attached hydrogens (tertiary/aromatic N) is 1. The lowest BCUT2D eigenvalue weighted by Gasteiger charge is -2.24. The van der Waals surface area contributed by atoms with Gasteiger partial charge in [-0.3, -0.25) is 9.69 Å². The number of likely N-dealkylation sites (tertiary alicyclic amines) is 1. The molecule has 104 valence electrons. The van der Waals surface area contributed by atoms with Gasteiger partial charge in [-0.15, -0.1) is 0 Å². The van der Waals surface area contributed by atoms with E-state index >= 15 is 0 Å². The highest BCUT2D eigenvalue weighted by molar-refractivity contribution is 5.92. The molecule has 0 bridgehead atoms. The predicted molar refractivity (Wildman–Crippen MR) is 71.3 cm³/mol. The summed E-state index contributed by atoms with van der Waals surface area (Å²) >= 11 is 0. The molecule has 1 aromatic rings. The fraction of sp³-hybridized carbons (Fsp3) is 0.500. The molecule has 0 saturated carbocycles. The molecule has 0 spiro atoms. The van der Waals surface area contributed by atoms with E-state index in [4.69, 9.17) is 0 Å². The summed E-state index contributed by atoms with van der Waals surface area (Å²) in [5.41, 5.74) is 0.583. The van der Waals surface area contributed by atoms with Crippen LogP contribution in [0.2, 0.25) is 0 Å². The molecular weight excluding hydrogens is 247 g/mol. The third-order valence-electron chi connectivity index (χ3n) is 3.66. The Balaban J connectivity index is 1.89. The number of benzene rings is 1. The summed E-state index contributed by atoms with van der Waals surface area (Å²) in [7, 11) is 0. The van der Waals surface area contributed by atoms with Crippen molar-refractivity contribution in [1.29, 1.82) is 0 Å². The van der Waals surface area contributed by atoms with Gasteiger partial charge in [0.05, 0.1) is 13.2 Å². The molecule has 1 aliphatic heterocycles. The van der Waals surface area contributed by atoms with Crippen molar-refractivity contribution in [2.75, 3.05) is 25.0 Å². The summed E-state index contributed by atoms with van der Waals surface area (Å²) in [6.45, 7) is 3.24. The molecule has 2 N–H and O–H groups in total. The van der Waals surface area contributed by atoms with Crippen molar-refractivity contribution in [3.63, 3.8) is 0 Å². The van der Waals surface area contributed by atoms with Gasteiger partial charge in [-0.25, -0.2) is 4.39 Å². The Morgan fingerprint density at radius 1 is 1.47 bits per heavy atom. The second kappa shape index (κ2) is 6.12. The molecule has 2 unspecified atom stereocenters. The van der Waals surface area contributed by atoms with Crippen molar-refractivity contribution in [3.8, 4) is 0 Å². The summed E-state index contributed by atoms with van der Waals surface area (Å²) < 4.78 is 12.7. The zero-order valence-electron chi connectivity index (χ0n) is 11.0. The number of nitrogens with one attached hydrogen (secondary N) is 1. The van der Waals surface area contributed by atoms with Crippen LogP contribution in [0.25, 0.3) is 0 Å². The predicted octanol–water partition coefficient (Wildman–Crippen LogP) is 1.47. The molecule has 5 heteroatoms. The molecule has 1 aromatic carbocycles. The number of hydrogen-bond acceptors (Lipinski definition) is 3. The van der Waals surface area contributed by atoms with E-state index in [9.17, 15) is 14.3 Å². The second-order valence-corrected chi connectivity index (χ2v) is 5.04. The van der Waals surface area contributed by atoms with Gasteiger partial charge in [0.25, 0.3) is 0 Å². The van der Waals surface area contributed by atoms with E-state index < -0.39 is 0 Å². The molecular formula is C14H19FN2O2. The van der Waals surface area contributed by atoms with Crippen LogP contribution in [-0.2, 0) is 4.79 Å². The number of aliphatic hydroxyl groups excluding tert-OH is 1. The zero-order chi connectivity index (χ0) is 13.8. The van der Waals surface area contributed by atoms with Gasteiger partial charge < -0.3 is 10.4 Å². The largest absolute Gasteiger partial charge is 0.395 e. The Morgan fingerprint density at radius 3 is 2.79 bits per heavy atom. The van der Waals surface area contributed by atoms with Crippen molar-refractivity contribution in [1.82, 2.24) is 4.90 Å². The lowest BCUT2D eigenvalue weighted by atomic mass is 10.0. The number of hydrogen-bond donors (Lipinski definition) is 2. The summed E-state index contributed by atoms with van der Waals surface area (Å²) in [6, 6.07) is 5.74. The van der Waals surface area contributed by atoms with Gasteiger partial charge in [0.1, 0.15) is 5.82 Å². The molecule has 1 saturated heterocycles. The highest BCUT2D eigenvalue weighted by atomic mass is 19.1. The van der Waals surface area contributed by atoms with E-state index in [0.717, 1.165) is 13.0 Å². The number of halogens is 1. The minimum absolute atomic E-state index is 0.0546. The Hall–Kier alpha value is -1.46. The van der Waals surface area contributed by atoms with E-state index in [0.29, 0.717) is 11.6 Å². The Kier molecular flexibility index (Phi) is 4.50. The molecule has 1 aliphatic rings. The lowest BCUT2D eigenvalue weighted by molar-refractivity contribution is -0.117. The third kappa shape index (κ3) is 3.52. The second-order valence-electron chi connectivity index (χ2n) is 5.04. The topological polar surface area (TPSA) is 52.6 Å². The summed E-state index contributed by atoms with van der Waals surface area (Å²) in [5.74, 6) is -0.0607. The maximum Gasteiger partial charge on any atom is 0.238 e. The van der Waals surface area contributed by atoms with Crippen molar-refractivity contribution in [3.05, 3.63) is 30.1 Å². The number of anilines is 1. The molecule has 4 nitrogen and oxygen atoms in total. The Labute approximate surface area is 112 Å². The standard InChI is InChI=1S/C14H19FN2O2/c1-10-6-7-17(13(10)9-18)8-14(19)16-12-4-2-11(15)3-5-12/h2-5,10,13,18H,6-9H2,1H3,(H,16,19). The number of rotatable bonds is 4. The first kappa shape index (κ1) is 14.0. The molecule has 0 aromatic heterocycles. The van der Waals surface area contributed by atoms with Crippen molar-refractivity contribution in [2.45, 2.75) is 19.4 Å². The van der Waals surface area contributed by atoms with Gasteiger partial charge >= 0.3 is 0 Å². The van der Waals surface area contributed by atoms with E-state index in [1.807, 2.05) is 4.90 Å². The summed E-state index contributed by atoms with van der Waals surface area (Å²) in [5, 5.41) is 12.1. The molecule has 0 aliphatic carbocycles. The van der Waals surface area contributed by atoms with Crippen molar-refractivity contribution >= 4 is 11.6 Å². The van der Waals surface area contributed by atoms with E-state index in [1.54, 1.807) is 0 Å². The van der Waals surface area contributed by atoms with E-state index in [-0.39, 0.29) is 30.9 Å². The molecule has 2 atom stereocenters. The first-order chi connectivity index (χ1) is 9.10. The van der Waals surface area contributed by atoms with Gasteiger partial charge in [-0.1, -0.05) is 6.92 Å². The van der Waals surface area contributed by atoms with Crippen LogP contribution in [0.3, 0.4) is 0 Å². The lowest BCUT2D eigenvalue weighted by Crippen LogP contribution is -2.40. The normalized spacial score (nSPS) is 23.5. The van der Waals surface area contributed by atoms with Gasteiger partial charge in [0, 0.05) is 11.7 Å². The molecule has 1 heterocycles. The van der Waals surface area contributed by atoms with Gasteiger partial charge in [0.15, 0.2) is 0 Å². The third-order valence-corrected chi connectivity index (χ3v) is 3.66. The first-order valence-corrected chi connectivity index (χ1v) is 6.50. The monoisotopic (exact) mass is 266 g/mol. The smallest absolute Gasteiger partial charge is 0.238 e. The van der Waals surface area contributed by atoms with Crippen LogP contribution in [0.15, 0.2) is 24.3 Å².